The Morgan fingerprint density at radius 1 is 1.42 bits per heavy atom. The summed E-state index contributed by atoms with van der Waals surface area (Å²) in [5.74, 6) is -0.343. The molecule has 62 valence electrons. The summed E-state index contributed by atoms with van der Waals surface area (Å²) in [6, 6.07) is 7.09. The number of esters is 1. The van der Waals surface area contributed by atoms with Crippen molar-refractivity contribution < 1.29 is 14.6 Å². The lowest BCUT2D eigenvalue weighted by atomic mass is 10.1. The molecule has 3 heteroatoms. The van der Waals surface area contributed by atoms with E-state index in [0.29, 0.717) is 5.56 Å². The van der Waals surface area contributed by atoms with Gasteiger partial charge in [0.2, 0.25) is 0 Å². The summed E-state index contributed by atoms with van der Waals surface area (Å²) in [5.41, 5.74) is 1.35. The van der Waals surface area contributed by atoms with E-state index in [1.54, 1.807) is 18.2 Å². The summed E-state index contributed by atoms with van der Waals surface area (Å²) in [6.07, 6.45) is -0.464. The number of carbonyl (C=O) groups is 1. The van der Waals surface area contributed by atoms with Crippen LogP contribution >= 0.6 is 0 Å². The molecule has 0 saturated heterocycles. The Hall–Kier alpha value is -1.35. The molecule has 1 aromatic carbocycles. The van der Waals surface area contributed by atoms with Gasteiger partial charge in [0.15, 0.2) is 6.10 Å². The minimum Gasteiger partial charge on any atom is -0.451 e. The molecule has 0 aromatic heterocycles. The second kappa shape index (κ2) is 2.60. The van der Waals surface area contributed by atoms with Crippen molar-refractivity contribution in [3.8, 4) is 0 Å². The van der Waals surface area contributed by atoms with Crippen LogP contribution < -0.4 is 0 Å². The van der Waals surface area contributed by atoms with Crippen LogP contribution in [0.15, 0.2) is 24.3 Å². The molecule has 0 amide bonds. The lowest BCUT2D eigenvalue weighted by Gasteiger charge is -2.04. The first-order valence-corrected chi connectivity index (χ1v) is 3.73. The van der Waals surface area contributed by atoms with Crippen molar-refractivity contribution in [3.05, 3.63) is 35.4 Å². The zero-order valence-electron chi connectivity index (χ0n) is 6.36. The van der Waals surface area contributed by atoms with Crippen LogP contribution in [0.5, 0.6) is 0 Å². The first kappa shape index (κ1) is 7.31. The van der Waals surface area contributed by atoms with Gasteiger partial charge in [-0.2, -0.15) is 0 Å². The molecule has 1 atom stereocenters. The van der Waals surface area contributed by atoms with Crippen LogP contribution in [-0.2, 0) is 4.74 Å². The van der Waals surface area contributed by atoms with Crippen LogP contribution in [0.4, 0.5) is 0 Å². The topological polar surface area (TPSA) is 46.5 Å². The molecule has 1 aliphatic heterocycles. The van der Waals surface area contributed by atoms with Gasteiger partial charge in [0, 0.05) is 5.56 Å². The molecule has 12 heavy (non-hydrogen) atoms. The number of benzene rings is 1. The number of carbonyl (C=O) groups excluding carboxylic acids is 1. The summed E-state index contributed by atoms with van der Waals surface area (Å²) in [5, 5.41) is 8.85. The van der Waals surface area contributed by atoms with Gasteiger partial charge >= 0.3 is 5.97 Å². The van der Waals surface area contributed by atoms with Crippen LogP contribution in [0, 0.1) is 0 Å². The van der Waals surface area contributed by atoms with Gasteiger partial charge in [-0.1, -0.05) is 18.2 Å². The largest absolute Gasteiger partial charge is 0.451 e. The van der Waals surface area contributed by atoms with Crippen LogP contribution in [0.25, 0.3) is 0 Å². The lowest BCUT2D eigenvalue weighted by Crippen LogP contribution is -2.02. The summed E-state index contributed by atoms with van der Waals surface area (Å²) >= 11 is 0. The van der Waals surface area contributed by atoms with Gasteiger partial charge in [-0.15, -0.1) is 0 Å². The molecule has 1 aromatic rings. The Morgan fingerprint density at radius 2 is 2.17 bits per heavy atom. The Bertz CT molecular complexity index is 319. The second-order valence-corrected chi connectivity index (χ2v) is 2.66. The second-order valence-electron chi connectivity index (χ2n) is 2.66. The number of cyclic esters (lactones) is 1. The highest BCUT2D eigenvalue weighted by atomic mass is 16.6. The molecule has 1 aliphatic rings. The Labute approximate surface area is 69.6 Å². The average molecular weight is 164 g/mol. The van der Waals surface area contributed by atoms with Crippen molar-refractivity contribution >= 4 is 5.97 Å². The molecular weight excluding hydrogens is 156 g/mol. The Kier molecular flexibility index (Phi) is 1.59. The molecule has 1 heterocycles. The lowest BCUT2D eigenvalue weighted by molar-refractivity contribution is 0.0235. The van der Waals surface area contributed by atoms with E-state index in [0.717, 1.165) is 5.56 Å². The zero-order valence-corrected chi connectivity index (χ0v) is 6.36. The van der Waals surface area contributed by atoms with Gasteiger partial charge in [0.25, 0.3) is 0 Å². The van der Waals surface area contributed by atoms with Crippen LogP contribution in [0.2, 0.25) is 0 Å². The summed E-state index contributed by atoms with van der Waals surface area (Å²) in [6.45, 7) is -0.150. The van der Waals surface area contributed by atoms with E-state index in [4.69, 9.17) is 9.84 Å². The fourth-order valence-corrected chi connectivity index (χ4v) is 1.36. The van der Waals surface area contributed by atoms with Crippen molar-refractivity contribution in [2.45, 2.75) is 6.10 Å². The first-order chi connectivity index (χ1) is 5.83. The predicted molar refractivity (Wildman–Crippen MR) is 41.7 cm³/mol. The molecule has 0 fully saturated rings. The van der Waals surface area contributed by atoms with Gasteiger partial charge in [-0.25, -0.2) is 4.79 Å². The van der Waals surface area contributed by atoms with Gasteiger partial charge in [-0.05, 0) is 6.07 Å². The molecule has 1 unspecified atom stereocenters. The third-order valence-corrected chi connectivity index (χ3v) is 1.94. The van der Waals surface area contributed by atoms with Crippen molar-refractivity contribution in [2.75, 3.05) is 6.61 Å². The number of ether oxygens (including phenoxy) is 1. The first-order valence-electron chi connectivity index (χ1n) is 3.73. The number of aliphatic hydroxyl groups is 1. The van der Waals surface area contributed by atoms with Crippen molar-refractivity contribution in [2.24, 2.45) is 0 Å². The molecule has 2 rings (SSSR count). The van der Waals surface area contributed by atoms with Gasteiger partial charge in [-0.3, -0.25) is 0 Å². The molecular formula is C9H8O3. The van der Waals surface area contributed by atoms with Crippen LogP contribution in [-0.4, -0.2) is 17.7 Å². The predicted octanol–water partition coefficient (Wildman–Crippen LogP) is 0.890. The summed E-state index contributed by atoms with van der Waals surface area (Å²) in [7, 11) is 0. The number of fused-ring (bicyclic) bond motifs is 1. The van der Waals surface area contributed by atoms with Gasteiger partial charge < -0.3 is 9.84 Å². The van der Waals surface area contributed by atoms with Crippen molar-refractivity contribution in [3.63, 3.8) is 0 Å². The summed E-state index contributed by atoms with van der Waals surface area (Å²) in [4.78, 5) is 11.1. The third kappa shape index (κ3) is 0.905. The minimum atomic E-state index is -0.464. The van der Waals surface area contributed by atoms with Gasteiger partial charge in [0.05, 0.1) is 12.2 Å². The smallest absolute Gasteiger partial charge is 0.339 e. The monoisotopic (exact) mass is 164 g/mol. The maximum atomic E-state index is 11.1. The normalized spacial score (nSPS) is 20.4. The highest BCUT2D eigenvalue weighted by molar-refractivity contribution is 5.93. The Morgan fingerprint density at radius 3 is 2.92 bits per heavy atom. The highest BCUT2D eigenvalue weighted by Gasteiger charge is 2.29. The fraction of sp³-hybridized carbons (Fsp3) is 0.222. The number of hydrogen-bond donors (Lipinski definition) is 1. The highest BCUT2D eigenvalue weighted by Crippen LogP contribution is 2.29. The maximum absolute atomic E-state index is 11.1. The molecule has 1 N–H and O–H groups in total. The molecule has 0 bridgehead atoms. The average Bonchev–Trinajstić information content (AvgIpc) is 2.44. The summed E-state index contributed by atoms with van der Waals surface area (Å²) < 4.78 is 4.89. The molecule has 0 aliphatic carbocycles. The molecule has 3 nitrogen and oxygen atoms in total. The SMILES string of the molecule is O=C1OC(CO)c2ccccc21. The Balaban J connectivity index is 2.50. The third-order valence-electron chi connectivity index (χ3n) is 1.94. The molecule has 0 saturated carbocycles. The minimum absolute atomic E-state index is 0.150. The molecule has 0 spiro atoms. The number of aliphatic hydroxyl groups excluding tert-OH is 1. The van der Waals surface area contributed by atoms with E-state index in [-0.39, 0.29) is 12.6 Å². The fourth-order valence-electron chi connectivity index (χ4n) is 1.36. The molecule has 0 radical (unpaired) electrons. The zero-order chi connectivity index (χ0) is 8.55. The number of rotatable bonds is 1. The number of hydrogen-bond acceptors (Lipinski definition) is 3. The standard InChI is InChI=1S/C9H8O3/c10-5-8-6-3-1-2-4-7(6)9(11)12-8/h1-4,8,10H,5H2. The van der Waals surface area contributed by atoms with Crippen LogP contribution in [0.1, 0.15) is 22.0 Å². The van der Waals surface area contributed by atoms with E-state index in [1.165, 1.54) is 0 Å². The van der Waals surface area contributed by atoms with Crippen molar-refractivity contribution in [1.29, 1.82) is 0 Å². The van der Waals surface area contributed by atoms with E-state index in [2.05, 4.69) is 0 Å². The van der Waals surface area contributed by atoms with Gasteiger partial charge in [0.1, 0.15) is 0 Å². The van der Waals surface area contributed by atoms with Crippen LogP contribution in [0.3, 0.4) is 0 Å². The van der Waals surface area contributed by atoms with E-state index < -0.39 is 6.10 Å². The van der Waals surface area contributed by atoms with E-state index in [9.17, 15) is 4.79 Å². The quantitative estimate of drug-likeness (QED) is 0.627. The maximum Gasteiger partial charge on any atom is 0.339 e. The van der Waals surface area contributed by atoms with Crippen molar-refractivity contribution in [1.82, 2.24) is 0 Å². The van der Waals surface area contributed by atoms with E-state index >= 15 is 0 Å². The van der Waals surface area contributed by atoms with E-state index in [1.807, 2.05) is 6.07 Å².